The molecule has 0 nitrogen and oxygen atoms in total. The van der Waals surface area contributed by atoms with Crippen LogP contribution in [0.15, 0.2) is 48.5 Å². The van der Waals surface area contributed by atoms with Crippen molar-refractivity contribution in [2.45, 2.75) is 0 Å². The minimum Gasteiger partial charge on any atom is -0.0836 e. The van der Waals surface area contributed by atoms with Crippen molar-refractivity contribution < 1.29 is 0 Å². The standard InChI is InChI=1S/C20H8Cl2/c21-13-7-11-5-3-9-1-2-10-4-6-12-8-14(22)19(13)20-17(11)15(9)16(10)18(12)20/h1-8H. The average molecular weight is 319 g/mol. The predicted octanol–water partition coefficient (Wildman–Crippen LogP) is 7.07. The van der Waals surface area contributed by atoms with Crippen LogP contribution in [0.5, 0.6) is 0 Å². The quantitative estimate of drug-likeness (QED) is 0.263. The third kappa shape index (κ3) is 1.09. The van der Waals surface area contributed by atoms with Crippen molar-refractivity contribution in [2.75, 3.05) is 0 Å². The first-order valence-electron chi connectivity index (χ1n) is 7.26. The van der Waals surface area contributed by atoms with Gasteiger partial charge in [0, 0.05) is 10.8 Å². The van der Waals surface area contributed by atoms with E-state index in [1.807, 2.05) is 12.1 Å². The molecule has 0 fully saturated rings. The minimum absolute atomic E-state index is 0.735. The fourth-order valence-electron chi connectivity index (χ4n) is 4.19. The van der Waals surface area contributed by atoms with Crippen LogP contribution in [0.4, 0.5) is 0 Å². The molecule has 0 aromatic heterocycles. The van der Waals surface area contributed by atoms with Gasteiger partial charge in [0.15, 0.2) is 0 Å². The third-order valence-electron chi connectivity index (χ3n) is 5.02. The molecule has 0 heterocycles. The van der Waals surface area contributed by atoms with Crippen molar-refractivity contribution in [3.8, 4) is 0 Å². The van der Waals surface area contributed by atoms with Gasteiger partial charge in [0.05, 0.1) is 10.0 Å². The van der Waals surface area contributed by atoms with Crippen molar-refractivity contribution in [3.05, 3.63) is 58.6 Å². The van der Waals surface area contributed by atoms with Gasteiger partial charge < -0.3 is 0 Å². The SMILES string of the molecule is Clc1cc2ccc3ccc4ccc5cc(Cl)c1c1c2c3c4c51. The summed E-state index contributed by atoms with van der Waals surface area (Å²) in [6.07, 6.45) is 0. The van der Waals surface area contributed by atoms with Gasteiger partial charge in [-0.05, 0) is 55.2 Å². The molecule has 2 heteroatoms. The van der Waals surface area contributed by atoms with Crippen LogP contribution in [0.25, 0.3) is 53.9 Å². The minimum atomic E-state index is 0.735. The number of hydrogen-bond donors (Lipinski definition) is 0. The van der Waals surface area contributed by atoms with Crippen LogP contribution in [-0.4, -0.2) is 0 Å². The molecule has 0 unspecified atom stereocenters. The van der Waals surface area contributed by atoms with E-state index in [9.17, 15) is 0 Å². The van der Waals surface area contributed by atoms with Crippen LogP contribution in [0.2, 0.25) is 10.0 Å². The molecule has 102 valence electrons. The predicted molar refractivity (Wildman–Crippen MR) is 97.6 cm³/mol. The van der Waals surface area contributed by atoms with Crippen LogP contribution in [0, 0.1) is 0 Å². The Hall–Kier alpha value is -2.02. The van der Waals surface area contributed by atoms with E-state index >= 15 is 0 Å². The molecule has 0 amide bonds. The van der Waals surface area contributed by atoms with E-state index in [0.29, 0.717) is 0 Å². The lowest BCUT2D eigenvalue weighted by atomic mass is 9.99. The second-order valence-corrected chi connectivity index (χ2v) is 6.87. The molecule has 0 radical (unpaired) electrons. The number of hydrogen-bond acceptors (Lipinski definition) is 0. The summed E-state index contributed by atoms with van der Waals surface area (Å²) in [6, 6.07) is 17.2. The van der Waals surface area contributed by atoms with E-state index in [0.717, 1.165) is 15.4 Å². The van der Waals surface area contributed by atoms with Crippen molar-refractivity contribution in [1.82, 2.24) is 0 Å². The topological polar surface area (TPSA) is 0 Å². The lowest BCUT2D eigenvalue weighted by Gasteiger charge is -2.08. The molecular formula is C20H8Cl2. The summed E-state index contributed by atoms with van der Waals surface area (Å²) >= 11 is 13.1. The average Bonchev–Trinajstić information content (AvgIpc) is 2.87. The summed E-state index contributed by atoms with van der Waals surface area (Å²) in [5.74, 6) is 0. The summed E-state index contributed by atoms with van der Waals surface area (Å²) < 4.78 is 0. The summed E-state index contributed by atoms with van der Waals surface area (Å²) in [7, 11) is 0. The van der Waals surface area contributed by atoms with Crippen molar-refractivity contribution in [1.29, 1.82) is 0 Å². The maximum atomic E-state index is 6.56. The van der Waals surface area contributed by atoms with Gasteiger partial charge in [0.2, 0.25) is 0 Å². The van der Waals surface area contributed by atoms with Crippen LogP contribution < -0.4 is 0 Å². The molecule has 22 heavy (non-hydrogen) atoms. The van der Waals surface area contributed by atoms with E-state index in [2.05, 4.69) is 36.4 Å². The molecule has 0 bridgehead atoms. The Labute approximate surface area is 135 Å². The Kier molecular flexibility index (Phi) is 1.83. The molecule has 0 aliphatic carbocycles. The Morgan fingerprint density at radius 2 is 0.773 bits per heavy atom. The molecule has 6 aromatic carbocycles. The Bertz CT molecular complexity index is 1230. The molecule has 0 N–H and O–H groups in total. The second kappa shape index (κ2) is 3.48. The van der Waals surface area contributed by atoms with Gasteiger partial charge in [-0.3, -0.25) is 0 Å². The van der Waals surface area contributed by atoms with Gasteiger partial charge in [-0.15, -0.1) is 0 Å². The first-order valence-corrected chi connectivity index (χ1v) is 8.02. The highest BCUT2D eigenvalue weighted by Crippen LogP contribution is 2.51. The molecule has 6 rings (SSSR count). The van der Waals surface area contributed by atoms with Gasteiger partial charge >= 0.3 is 0 Å². The van der Waals surface area contributed by atoms with Crippen LogP contribution in [-0.2, 0) is 0 Å². The Morgan fingerprint density at radius 3 is 1.23 bits per heavy atom. The van der Waals surface area contributed by atoms with Crippen LogP contribution in [0.3, 0.4) is 0 Å². The van der Waals surface area contributed by atoms with E-state index in [1.54, 1.807) is 0 Å². The molecule has 6 aromatic rings. The lowest BCUT2D eigenvalue weighted by molar-refractivity contribution is 1.87. The maximum Gasteiger partial charge on any atom is 0.0506 e. The summed E-state index contributed by atoms with van der Waals surface area (Å²) in [5.41, 5.74) is 0. The number of benzene rings is 5. The highest BCUT2D eigenvalue weighted by molar-refractivity contribution is 6.52. The summed E-state index contributed by atoms with van der Waals surface area (Å²) in [5, 5.41) is 13.9. The Balaban J connectivity index is 2.24. The monoisotopic (exact) mass is 318 g/mol. The van der Waals surface area contributed by atoms with Gasteiger partial charge in [-0.1, -0.05) is 59.6 Å². The molecule has 0 spiro atoms. The molecule has 0 aliphatic heterocycles. The summed E-state index contributed by atoms with van der Waals surface area (Å²) in [6.45, 7) is 0. The zero-order valence-electron chi connectivity index (χ0n) is 11.4. The molecule has 0 saturated carbocycles. The lowest BCUT2D eigenvalue weighted by Crippen LogP contribution is -1.80. The largest absolute Gasteiger partial charge is 0.0836 e. The van der Waals surface area contributed by atoms with Gasteiger partial charge in [0.25, 0.3) is 0 Å². The highest BCUT2D eigenvalue weighted by Gasteiger charge is 2.22. The van der Waals surface area contributed by atoms with Crippen LogP contribution >= 0.6 is 23.2 Å². The molecule has 0 saturated heterocycles. The molecular weight excluding hydrogens is 311 g/mol. The van der Waals surface area contributed by atoms with Crippen molar-refractivity contribution >= 4 is 77.1 Å². The number of rotatable bonds is 0. The normalized spacial score (nSPS) is 13.0. The van der Waals surface area contributed by atoms with Gasteiger partial charge in [-0.25, -0.2) is 0 Å². The fourth-order valence-corrected chi connectivity index (χ4v) is 4.87. The number of halogens is 2. The zero-order valence-corrected chi connectivity index (χ0v) is 12.9. The van der Waals surface area contributed by atoms with Crippen molar-refractivity contribution in [3.63, 3.8) is 0 Å². The first kappa shape index (κ1) is 11.5. The van der Waals surface area contributed by atoms with E-state index in [4.69, 9.17) is 23.2 Å². The zero-order chi connectivity index (χ0) is 14.6. The maximum absolute atomic E-state index is 6.56. The highest BCUT2D eigenvalue weighted by atomic mass is 35.5. The van der Waals surface area contributed by atoms with Crippen LogP contribution in [0.1, 0.15) is 0 Å². The molecule has 0 aliphatic rings. The summed E-state index contributed by atoms with van der Waals surface area (Å²) in [4.78, 5) is 0. The van der Waals surface area contributed by atoms with Gasteiger partial charge in [0.1, 0.15) is 0 Å². The first-order chi connectivity index (χ1) is 10.7. The second-order valence-electron chi connectivity index (χ2n) is 6.06. The van der Waals surface area contributed by atoms with E-state index in [-0.39, 0.29) is 0 Å². The van der Waals surface area contributed by atoms with E-state index in [1.165, 1.54) is 48.5 Å². The van der Waals surface area contributed by atoms with Gasteiger partial charge in [-0.2, -0.15) is 0 Å². The fraction of sp³-hybridized carbons (Fsp3) is 0. The molecule has 0 atom stereocenters. The third-order valence-corrected chi connectivity index (χ3v) is 5.62. The Morgan fingerprint density at radius 1 is 0.409 bits per heavy atom. The van der Waals surface area contributed by atoms with E-state index < -0.39 is 0 Å². The smallest absolute Gasteiger partial charge is 0.0506 e. The van der Waals surface area contributed by atoms with Crippen molar-refractivity contribution in [2.24, 2.45) is 0 Å².